The number of aryl methyl sites for hydroxylation is 1. The second kappa shape index (κ2) is 6.47. The highest BCUT2D eigenvalue weighted by Gasteiger charge is 2.38. The molecule has 0 saturated carbocycles. The van der Waals surface area contributed by atoms with E-state index in [2.05, 4.69) is 15.5 Å². The van der Waals surface area contributed by atoms with Crippen LogP contribution in [0, 0.1) is 6.92 Å². The molecule has 1 saturated heterocycles. The summed E-state index contributed by atoms with van der Waals surface area (Å²) in [6, 6.07) is 5.16. The molecule has 1 aliphatic rings. The van der Waals surface area contributed by atoms with E-state index in [1.54, 1.807) is 7.05 Å². The number of hydrogen-bond donors (Lipinski definition) is 2. The van der Waals surface area contributed by atoms with Crippen molar-refractivity contribution in [3.8, 4) is 11.1 Å². The highest BCUT2D eigenvalue weighted by Crippen LogP contribution is 2.37. The summed E-state index contributed by atoms with van der Waals surface area (Å²) in [4.78, 5) is 25.6. The minimum absolute atomic E-state index is 0.0444. The molecule has 1 atom stereocenters. The number of halogens is 3. The summed E-state index contributed by atoms with van der Waals surface area (Å²) in [6.07, 6.45) is -4.05. The van der Waals surface area contributed by atoms with Crippen LogP contribution >= 0.6 is 0 Å². The van der Waals surface area contributed by atoms with Gasteiger partial charge in [0, 0.05) is 30.4 Å². The Morgan fingerprint density at radius 3 is 2.50 bits per heavy atom. The first-order valence-corrected chi connectivity index (χ1v) is 7.97. The number of benzene rings is 1. The highest BCUT2D eigenvalue weighted by atomic mass is 19.4. The van der Waals surface area contributed by atoms with Gasteiger partial charge in [-0.2, -0.15) is 18.3 Å². The zero-order valence-corrected chi connectivity index (χ0v) is 14.1. The van der Waals surface area contributed by atoms with Gasteiger partial charge in [0.25, 0.3) is 5.91 Å². The summed E-state index contributed by atoms with van der Waals surface area (Å²) >= 11 is 0. The number of H-pyrrole nitrogens is 1. The monoisotopic (exact) mass is 366 g/mol. The molecule has 2 amide bonds. The largest absolute Gasteiger partial charge is 0.435 e. The molecule has 2 N–H and O–H groups in total. The molecule has 1 aliphatic heterocycles. The first-order chi connectivity index (χ1) is 12.2. The fraction of sp³-hybridized carbons (Fsp3) is 0.353. The molecule has 3 rings (SSSR count). The summed E-state index contributed by atoms with van der Waals surface area (Å²) in [5.41, 5.74) is -0.180. The molecule has 138 valence electrons. The van der Waals surface area contributed by atoms with Crippen LogP contribution in [0.4, 0.5) is 13.2 Å². The number of aromatic nitrogens is 2. The topological polar surface area (TPSA) is 78.1 Å². The number of amides is 2. The van der Waals surface area contributed by atoms with Gasteiger partial charge in [-0.25, -0.2) is 0 Å². The van der Waals surface area contributed by atoms with E-state index >= 15 is 0 Å². The molecule has 1 aromatic heterocycles. The van der Waals surface area contributed by atoms with Crippen molar-refractivity contribution in [1.29, 1.82) is 0 Å². The zero-order chi connectivity index (χ0) is 19.1. The van der Waals surface area contributed by atoms with Crippen molar-refractivity contribution in [2.24, 2.45) is 0 Å². The Labute approximate surface area is 147 Å². The average molecular weight is 366 g/mol. The van der Waals surface area contributed by atoms with E-state index < -0.39 is 23.8 Å². The number of nitrogens with one attached hydrogen (secondary N) is 2. The summed E-state index contributed by atoms with van der Waals surface area (Å²) < 4.78 is 39.2. The Balaban J connectivity index is 1.80. The smallest absolute Gasteiger partial charge is 0.344 e. The second-order valence-electron chi connectivity index (χ2n) is 6.22. The maximum absolute atomic E-state index is 13.1. The zero-order valence-electron chi connectivity index (χ0n) is 14.1. The SMILES string of the molecule is Cc1[nH]nc(C(F)(F)F)c1-c1ccc(C(=O)N[C@H]2CCN(C)C2=O)cc1. The Morgan fingerprint density at radius 1 is 1.31 bits per heavy atom. The van der Waals surface area contributed by atoms with E-state index in [1.807, 2.05) is 0 Å². The van der Waals surface area contributed by atoms with Gasteiger partial charge in [0.2, 0.25) is 5.91 Å². The van der Waals surface area contributed by atoms with Gasteiger partial charge in [-0.3, -0.25) is 14.7 Å². The minimum atomic E-state index is -4.58. The van der Waals surface area contributed by atoms with Crippen molar-refractivity contribution in [3.05, 3.63) is 41.2 Å². The van der Waals surface area contributed by atoms with Gasteiger partial charge in [0.15, 0.2) is 5.69 Å². The molecule has 2 aromatic rings. The van der Waals surface area contributed by atoms with Crippen molar-refractivity contribution in [1.82, 2.24) is 20.4 Å². The van der Waals surface area contributed by atoms with Gasteiger partial charge in [-0.15, -0.1) is 0 Å². The van der Waals surface area contributed by atoms with E-state index in [1.165, 1.54) is 36.1 Å². The van der Waals surface area contributed by atoms with E-state index in [-0.39, 0.29) is 22.7 Å². The first-order valence-electron chi connectivity index (χ1n) is 7.97. The Kier molecular flexibility index (Phi) is 4.47. The molecule has 26 heavy (non-hydrogen) atoms. The fourth-order valence-corrected chi connectivity index (χ4v) is 2.97. The number of rotatable bonds is 3. The third-order valence-corrected chi connectivity index (χ3v) is 4.38. The number of carbonyl (C=O) groups excluding carboxylic acids is 2. The molecule has 0 aliphatic carbocycles. The van der Waals surface area contributed by atoms with Crippen molar-refractivity contribution >= 4 is 11.8 Å². The Hall–Kier alpha value is -2.84. The second-order valence-corrected chi connectivity index (χ2v) is 6.22. The highest BCUT2D eigenvalue weighted by molar-refractivity contribution is 5.98. The van der Waals surface area contributed by atoms with Crippen molar-refractivity contribution < 1.29 is 22.8 Å². The maximum atomic E-state index is 13.1. The number of likely N-dealkylation sites (N-methyl/N-ethyl adjacent to an activating group) is 1. The lowest BCUT2D eigenvalue weighted by molar-refractivity contribution is -0.140. The number of likely N-dealkylation sites (tertiary alicyclic amines) is 1. The van der Waals surface area contributed by atoms with Crippen molar-refractivity contribution in [3.63, 3.8) is 0 Å². The van der Waals surface area contributed by atoms with Crippen LogP contribution in [-0.4, -0.2) is 46.5 Å². The van der Waals surface area contributed by atoms with E-state index in [4.69, 9.17) is 0 Å². The average Bonchev–Trinajstić information content (AvgIpc) is 3.12. The van der Waals surface area contributed by atoms with Crippen LogP contribution in [0.5, 0.6) is 0 Å². The van der Waals surface area contributed by atoms with Crippen LogP contribution in [0.2, 0.25) is 0 Å². The van der Waals surface area contributed by atoms with Crippen LogP contribution in [0.3, 0.4) is 0 Å². The Bertz CT molecular complexity index is 843. The summed E-state index contributed by atoms with van der Waals surface area (Å²) in [6.45, 7) is 2.07. The standard InChI is InChI=1S/C17H17F3N4O2/c1-9-13(14(23-22-9)17(18,19)20)10-3-5-11(6-4-10)15(25)21-12-7-8-24(2)16(12)26/h3-6,12H,7-8H2,1-2H3,(H,21,25)(H,22,23)/t12-/m0/s1. The summed E-state index contributed by atoms with van der Waals surface area (Å²) in [5.74, 6) is -0.594. The van der Waals surface area contributed by atoms with Crippen molar-refractivity contribution in [2.45, 2.75) is 25.6 Å². The molecular formula is C17H17F3N4O2. The lowest BCUT2D eigenvalue weighted by atomic mass is 10.0. The molecule has 0 bridgehead atoms. The molecule has 6 nitrogen and oxygen atoms in total. The number of alkyl halides is 3. The van der Waals surface area contributed by atoms with Crippen LogP contribution in [0.1, 0.15) is 28.2 Å². The quantitative estimate of drug-likeness (QED) is 0.875. The molecule has 2 heterocycles. The number of hydrogen-bond acceptors (Lipinski definition) is 3. The first kappa shape index (κ1) is 18.0. The van der Waals surface area contributed by atoms with Gasteiger partial charge in [-0.05, 0) is 31.0 Å². The van der Waals surface area contributed by atoms with Gasteiger partial charge >= 0.3 is 6.18 Å². The molecule has 1 aromatic carbocycles. The lowest BCUT2D eigenvalue weighted by Crippen LogP contribution is -2.40. The van der Waals surface area contributed by atoms with Crippen LogP contribution < -0.4 is 5.32 Å². The molecule has 0 radical (unpaired) electrons. The predicted molar refractivity (Wildman–Crippen MR) is 87.3 cm³/mol. The van der Waals surface area contributed by atoms with Crippen LogP contribution in [-0.2, 0) is 11.0 Å². The Morgan fingerprint density at radius 2 is 1.96 bits per heavy atom. The van der Waals surface area contributed by atoms with Gasteiger partial charge in [-0.1, -0.05) is 12.1 Å². The van der Waals surface area contributed by atoms with Crippen LogP contribution in [0.15, 0.2) is 24.3 Å². The molecule has 1 fully saturated rings. The van der Waals surface area contributed by atoms with Gasteiger partial charge < -0.3 is 10.2 Å². The van der Waals surface area contributed by atoms with Crippen LogP contribution in [0.25, 0.3) is 11.1 Å². The molecule has 0 unspecified atom stereocenters. The third-order valence-electron chi connectivity index (χ3n) is 4.38. The van der Waals surface area contributed by atoms with E-state index in [0.29, 0.717) is 18.5 Å². The van der Waals surface area contributed by atoms with Gasteiger partial charge in [0.05, 0.1) is 0 Å². The number of aromatic amines is 1. The molecular weight excluding hydrogens is 349 g/mol. The third kappa shape index (κ3) is 3.29. The predicted octanol–water partition coefficient (Wildman–Crippen LogP) is 2.36. The normalized spacial score (nSPS) is 17.7. The number of carbonyl (C=O) groups is 2. The van der Waals surface area contributed by atoms with E-state index in [9.17, 15) is 22.8 Å². The molecule has 0 spiro atoms. The van der Waals surface area contributed by atoms with Gasteiger partial charge in [0.1, 0.15) is 6.04 Å². The summed E-state index contributed by atoms with van der Waals surface area (Å²) in [7, 11) is 1.66. The lowest BCUT2D eigenvalue weighted by Gasteiger charge is -2.13. The number of nitrogens with zero attached hydrogens (tertiary/aromatic N) is 2. The van der Waals surface area contributed by atoms with Crippen molar-refractivity contribution in [2.75, 3.05) is 13.6 Å². The fourth-order valence-electron chi connectivity index (χ4n) is 2.97. The maximum Gasteiger partial charge on any atom is 0.435 e. The summed E-state index contributed by atoms with van der Waals surface area (Å²) in [5, 5.41) is 8.33. The van der Waals surface area contributed by atoms with E-state index in [0.717, 1.165) is 0 Å². The molecule has 9 heteroatoms. The minimum Gasteiger partial charge on any atom is -0.344 e.